The van der Waals surface area contributed by atoms with E-state index in [0.29, 0.717) is 13.0 Å². The lowest BCUT2D eigenvalue weighted by Crippen LogP contribution is -2.52. The monoisotopic (exact) mass is 244 g/mol. The van der Waals surface area contributed by atoms with Crippen molar-refractivity contribution in [2.45, 2.75) is 52.0 Å². The highest BCUT2D eigenvalue weighted by Crippen LogP contribution is 2.10. The summed E-state index contributed by atoms with van der Waals surface area (Å²) in [4.78, 5) is 22.4. The molecule has 4 N–H and O–H groups in total. The molecule has 1 amide bonds. The molecule has 0 heterocycles. The number of carboxylic acids is 1. The van der Waals surface area contributed by atoms with Gasteiger partial charge in [-0.2, -0.15) is 0 Å². The third kappa shape index (κ3) is 6.26. The minimum atomic E-state index is -0.865. The lowest BCUT2D eigenvalue weighted by molar-refractivity contribution is -0.138. The van der Waals surface area contributed by atoms with Crippen molar-refractivity contribution in [2.75, 3.05) is 6.54 Å². The van der Waals surface area contributed by atoms with Gasteiger partial charge >= 0.3 is 5.97 Å². The van der Waals surface area contributed by atoms with Crippen LogP contribution in [0.25, 0.3) is 0 Å². The number of rotatable bonds is 8. The van der Waals surface area contributed by atoms with Crippen molar-refractivity contribution in [3.8, 4) is 0 Å². The summed E-state index contributed by atoms with van der Waals surface area (Å²) in [7, 11) is 0. The van der Waals surface area contributed by atoms with Crippen LogP contribution in [-0.2, 0) is 9.59 Å². The van der Waals surface area contributed by atoms with E-state index in [1.807, 2.05) is 13.8 Å². The van der Waals surface area contributed by atoms with Gasteiger partial charge in [0.2, 0.25) is 5.91 Å². The molecule has 0 radical (unpaired) electrons. The minimum Gasteiger partial charge on any atom is -0.481 e. The Balaban J connectivity index is 4.16. The molecule has 0 aromatic carbocycles. The first-order chi connectivity index (χ1) is 7.83. The molecule has 5 nitrogen and oxygen atoms in total. The van der Waals surface area contributed by atoms with Crippen LogP contribution in [0.3, 0.4) is 0 Å². The van der Waals surface area contributed by atoms with Crippen molar-refractivity contribution in [3.63, 3.8) is 0 Å². The van der Waals surface area contributed by atoms with E-state index >= 15 is 0 Å². The maximum Gasteiger partial charge on any atom is 0.303 e. The summed E-state index contributed by atoms with van der Waals surface area (Å²) >= 11 is 0. The molecule has 2 atom stereocenters. The van der Waals surface area contributed by atoms with Gasteiger partial charge in [0.1, 0.15) is 0 Å². The molecule has 0 spiro atoms. The van der Waals surface area contributed by atoms with Gasteiger partial charge in [0.05, 0.1) is 5.54 Å². The summed E-state index contributed by atoms with van der Waals surface area (Å²) in [6.45, 7) is 5.95. The van der Waals surface area contributed by atoms with E-state index in [2.05, 4.69) is 5.32 Å². The number of nitrogens with one attached hydrogen (secondary N) is 1. The molecule has 5 heteroatoms. The van der Waals surface area contributed by atoms with Crippen LogP contribution in [0, 0.1) is 5.92 Å². The quantitative estimate of drug-likeness (QED) is 0.596. The predicted molar refractivity (Wildman–Crippen MR) is 66.5 cm³/mol. The summed E-state index contributed by atoms with van der Waals surface area (Å²) in [6, 6.07) is 0. The molecule has 0 aromatic heterocycles. The van der Waals surface area contributed by atoms with Crippen LogP contribution >= 0.6 is 0 Å². The van der Waals surface area contributed by atoms with Gasteiger partial charge in [-0.1, -0.05) is 26.7 Å². The van der Waals surface area contributed by atoms with E-state index in [1.54, 1.807) is 6.92 Å². The second-order valence-corrected chi connectivity index (χ2v) is 4.75. The van der Waals surface area contributed by atoms with Crippen molar-refractivity contribution in [1.29, 1.82) is 0 Å². The second-order valence-electron chi connectivity index (χ2n) is 4.75. The van der Waals surface area contributed by atoms with Crippen LogP contribution in [0.1, 0.15) is 46.5 Å². The van der Waals surface area contributed by atoms with E-state index in [9.17, 15) is 9.59 Å². The van der Waals surface area contributed by atoms with Crippen LogP contribution in [0.5, 0.6) is 0 Å². The topological polar surface area (TPSA) is 92.4 Å². The fourth-order valence-corrected chi connectivity index (χ4v) is 1.68. The van der Waals surface area contributed by atoms with E-state index in [-0.39, 0.29) is 18.2 Å². The van der Waals surface area contributed by atoms with Crippen molar-refractivity contribution in [2.24, 2.45) is 11.7 Å². The lowest BCUT2D eigenvalue weighted by Gasteiger charge is -2.24. The molecular weight excluding hydrogens is 220 g/mol. The van der Waals surface area contributed by atoms with Crippen molar-refractivity contribution < 1.29 is 14.7 Å². The van der Waals surface area contributed by atoms with Crippen LogP contribution in [0.15, 0.2) is 0 Å². The van der Waals surface area contributed by atoms with Crippen LogP contribution < -0.4 is 11.1 Å². The molecule has 0 saturated heterocycles. The summed E-state index contributed by atoms with van der Waals surface area (Å²) in [6.07, 6.45) is 2.26. The predicted octanol–water partition coefficient (Wildman–Crippen LogP) is 1.12. The Bertz CT molecular complexity index is 264. The summed E-state index contributed by atoms with van der Waals surface area (Å²) in [5, 5.41) is 11.4. The highest BCUT2D eigenvalue weighted by Gasteiger charge is 2.27. The van der Waals surface area contributed by atoms with Crippen molar-refractivity contribution in [1.82, 2.24) is 5.32 Å². The van der Waals surface area contributed by atoms with Gasteiger partial charge in [-0.15, -0.1) is 0 Å². The number of aliphatic carboxylic acids is 1. The first-order valence-corrected chi connectivity index (χ1v) is 6.12. The van der Waals surface area contributed by atoms with Crippen LogP contribution in [0.4, 0.5) is 0 Å². The Kier molecular flexibility index (Phi) is 6.80. The summed E-state index contributed by atoms with van der Waals surface area (Å²) in [5.41, 5.74) is 5.01. The molecule has 0 aliphatic carbocycles. The molecule has 100 valence electrons. The van der Waals surface area contributed by atoms with Gasteiger partial charge in [0.15, 0.2) is 0 Å². The van der Waals surface area contributed by atoms with E-state index in [4.69, 9.17) is 10.8 Å². The third-order valence-electron chi connectivity index (χ3n) is 2.88. The maximum atomic E-state index is 11.8. The average molecular weight is 244 g/mol. The van der Waals surface area contributed by atoms with Gasteiger partial charge in [0, 0.05) is 13.0 Å². The first-order valence-electron chi connectivity index (χ1n) is 6.12. The molecule has 2 unspecified atom stereocenters. The van der Waals surface area contributed by atoms with Gasteiger partial charge in [-0.3, -0.25) is 9.59 Å². The average Bonchev–Trinajstić information content (AvgIpc) is 2.22. The molecule has 0 aliphatic heterocycles. The Morgan fingerprint density at radius 2 is 2.00 bits per heavy atom. The van der Waals surface area contributed by atoms with Crippen LogP contribution in [-0.4, -0.2) is 29.1 Å². The standard InChI is InChI=1S/C12H24N2O3/c1-4-6-12(3,13)11(17)14-8-9(5-2)7-10(15)16/h9H,4-8,13H2,1-3H3,(H,14,17)(H,15,16). The van der Waals surface area contributed by atoms with E-state index < -0.39 is 11.5 Å². The number of hydrogen-bond acceptors (Lipinski definition) is 3. The highest BCUT2D eigenvalue weighted by molar-refractivity contribution is 5.85. The Labute approximate surface area is 103 Å². The first kappa shape index (κ1) is 15.9. The largest absolute Gasteiger partial charge is 0.481 e. The molecule has 0 saturated carbocycles. The van der Waals surface area contributed by atoms with Crippen molar-refractivity contribution >= 4 is 11.9 Å². The fraction of sp³-hybridized carbons (Fsp3) is 0.833. The number of carboxylic acid groups (broad SMARTS) is 1. The van der Waals surface area contributed by atoms with Gasteiger partial charge in [-0.25, -0.2) is 0 Å². The summed E-state index contributed by atoms with van der Waals surface area (Å²) < 4.78 is 0. The van der Waals surface area contributed by atoms with Gasteiger partial charge < -0.3 is 16.2 Å². The Morgan fingerprint density at radius 3 is 2.41 bits per heavy atom. The number of amides is 1. The zero-order chi connectivity index (χ0) is 13.5. The zero-order valence-corrected chi connectivity index (χ0v) is 11.0. The molecule has 0 rings (SSSR count). The van der Waals surface area contributed by atoms with Gasteiger partial charge in [0.25, 0.3) is 0 Å². The van der Waals surface area contributed by atoms with Crippen LogP contribution in [0.2, 0.25) is 0 Å². The summed E-state index contributed by atoms with van der Waals surface area (Å²) in [5.74, 6) is -1.08. The molecular formula is C12H24N2O3. The highest BCUT2D eigenvalue weighted by atomic mass is 16.4. The molecule has 0 aliphatic rings. The third-order valence-corrected chi connectivity index (χ3v) is 2.88. The maximum absolute atomic E-state index is 11.8. The Morgan fingerprint density at radius 1 is 1.41 bits per heavy atom. The normalized spacial score (nSPS) is 16.0. The second kappa shape index (κ2) is 7.27. The molecule has 0 aromatic rings. The number of carbonyl (C=O) groups excluding carboxylic acids is 1. The fourth-order valence-electron chi connectivity index (χ4n) is 1.68. The van der Waals surface area contributed by atoms with Gasteiger partial charge in [-0.05, 0) is 19.3 Å². The molecule has 0 bridgehead atoms. The molecule has 0 fully saturated rings. The number of hydrogen-bond donors (Lipinski definition) is 3. The van der Waals surface area contributed by atoms with Crippen molar-refractivity contribution in [3.05, 3.63) is 0 Å². The zero-order valence-electron chi connectivity index (χ0n) is 11.0. The molecule has 17 heavy (non-hydrogen) atoms. The number of carbonyl (C=O) groups is 2. The number of nitrogens with two attached hydrogens (primary N) is 1. The lowest BCUT2D eigenvalue weighted by atomic mass is 9.95. The Hall–Kier alpha value is -1.10. The smallest absolute Gasteiger partial charge is 0.303 e. The SMILES string of the molecule is CCCC(C)(N)C(=O)NCC(CC)CC(=O)O. The van der Waals surface area contributed by atoms with E-state index in [1.165, 1.54) is 0 Å². The minimum absolute atomic E-state index is 0.0334. The van der Waals surface area contributed by atoms with E-state index in [0.717, 1.165) is 12.8 Å².